The highest BCUT2D eigenvalue weighted by Gasteiger charge is 2.07. The minimum absolute atomic E-state index is 0. The number of halogens is 1. The van der Waals surface area contributed by atoms with E-state index >= 15 is 0 Å². The van der Waals surface area contributed by atoms with E-state index in [2.05, 4.69) is 20.9 Å². The fraction of sp³-hybridized carbons (Fsp3) is 0.429. The monoisotopic (exact) mass is 530 g/mol. The van der Waals surface area contributed by atoms with Gasteiger partial charge in [0.2, 0.25) is 5.91 Å². The van der Waals surface area contributed by atoms with Crippen LogP contribution < -0.4 is 25.4 Å². The molecular formula is C21H31IN4O4. The minimum atomic E-state index is -0.141. The molecular weight excluding hydrogens is 499 g/mol. The van der Waals surface area contributed by atoms with E-state index in [0.717, 1.165) is 23.5 Å². The third-order valence-electron chi connectivity index (χ3n) is 3.99. The lowest BCUT2D eigenvalue weighted by molar-refractivity contribution is -0.120. The molecule has 166 valence electrons. The number of hydrogen-bond acceptors (Lipinski definition) is 5. The van der Waals surface area contributed by atoms with Crippen LogP contribution in [0.15, 0.2) is 46.0 Å². The maximum Gasteiger partial charge on any atom is 0.239 e. The number of aliphatic imine (C=N–C) groups is 1. The van der Waals surface area contributed by atoms with Crippen molar-refractivity contribution in [1.82, 2.24) is 16.0 Å². The van der Waals surface area contributed by atoms with E-state index in [4.69, 9.17) is 13.9 Å². The smallest absolute Gasteiger partial charge is 0.239 e. The Kier molecular flexibility index (Phi) is 12.4. The summed E-state index contributed by atoms with van der Waals surface area (Å²) in [5.74, 6) is 2.64. The van der Waals surface area contributed by atoms with Gasteiger partial charge in [0.05, 0.1) is 32.6 Å². The summed E-state index contributed by atoms with van der Waals surface area (Å²) >= 11 is 0. The highest BCUT2D eigenvalue weighted by Crippen LogP contribution is 2.28. The normalized spacial score (nSPS) is 10.7. The third-order valence-corrected chi connectivity index (χ3v) is 3.99. The van der Waals surface area contributed by atoms with E-state index in [9.17, 15) is 4.79 Å². The average Bonchev–Trinajstić information content (AvgIpc) is 3.25. The van der Waals surface area contributed by atoms with Crippen LogP contribution in [0.2, 0.25) is 0 Å². The molecule has 3 N–H and O–H groups in total. The summed E-state index contributed by atoms with van der Waals surface area (Å²) in [7, 11) is 1.67. The van der Waals surface area contributed by atoms with Gasteiger partial charge in [-0.15, -0.1) is 24.0 Å². The Morgan fingerprint density at radius 1 is 1.07 bits per heavy atom. The number of rotatable bonds is 11. The number of nitrogens with one attached hydrogen (secondary N) is 3. The molecule has 30 heavy (non-hydrogen) atoms. The molecule has 0 radical (unpaired) electrons. The van der Waals surface area contributed by atoms with Crippen LogP contribution in [0.1, 0.15) is 25.2 Å². The standard InChI is InChI=1S/C21H30N4O4.HI/c1-4-27-18-9-8-16(13-19(18)28-5-2)10-11-23-21(22-3)25-15-20(26)24-14-17-7-6-12-29-17;/h6-9,12-13H,4-5,10-11,14-15H2,1-3H3,(H,24,26)(H2,22,23,25);1H. The van der Waals surface area contributed by atoms with Gasteiger partial charge in [-0.05, 0) is 50.1 Å². The van der Waals surface area contributed by atoms with Gasteiger partial charge >= 0.3 is 0 Å². The molecule has 2 rings (SSSR count). The van der Waals surface area contributed by atoms with E-state index in [-0.39, 0.29) is 36.4 Å². The molecule has 0 atom stereocenters. The van der Waals surface area contributed by atoms with Crippen molar-refractivity contribution in [3.63, 3.8) is 0 Å². The number of carbonyl (C=O) groups excluding carboxylic acids is 1. The van der Waals surface area contributed by atoms with Crippen LogP contribution in [0.3, 0.4) is 0 Å². The quantitative estimate of drug-likeness (QED) is 0.235. The van der Waals surface area contributed by atoms with Gasteiger partial charge in [-0.3, -0.25) is 9.79 Å². The van der Waals surface area contributed by atoms with Crippen LogP contribution >= 0.6 is 24.0 Å². The second-order valence-corrected chi connectivity index (χ2v) is 6.11. The van der Waals surface area contributed by atoms with Crippen molar-refractivity contribution in [1.29, 1.82) is 0 Å². The predicted molar refractivity (Wildman–Crippen MR) is 128 cm³/mol. The van der Waals surface area contributed by atoms with Crippen LogP contribution in [0.25, 0.3) is 0 Å². The molecule has 1 aromatic carbocycles. The molecule has 0 aliphatic rings. The second kappa shape index (κ2) is 14.5. The fourth-order valence-corrected chi connectivity index (χ4v) is 2.62. The first-order valence-corrected chi connectivity index (χ1v) is 9.78. The summed E-state index contributed by atoms with van der Waals surface area (Å²) in [5, 5.41) is 8.97. The fourth-order valence-electron chi connectivity index (χ4n) is 2.62. The van der Waals surface area contributed by atoms with Crippen molar-refractivity contribution in [3.05, 3.63) is 47.9 Å². The SMILES string of the molecule is CCOc1ccc(CCNC(=NC)NCC(=O)NCc2ccco2)cc1OCC.I. The topological polar surface area (TPSA) is 97.1 Å². The number of nitrogens with zero attached hydrogens (tertiary/aromatic N) is 1. The molecule has 0 bridgehead atoms. The molecule has 1 heterocycles. The first-order chi connectivity index (χ1) is 14.2. The zero-order valence-corrected chi connectivity index (χ0v) is 20.0. The van der Waals surface area contributed by atoms with Gasteiger partial charge < -0.3 is 29.8 Å². The Hall–Kier alpha value is -2.43. The van der Waals surface area contributed by atoms with Gasteiger partial charge in [-0.1, -0.05) is 6.07 Å². The van der Waals surface area contributed by atoms with Gasteiger partial charge in [0.15, 0.2) is 17.5 Å². The number of hydrogen-bond donors (Lipinski definition) is 3. The molecule has 9 heteroatoms. The Labute approximate surface area is 194 Å². The van der Waals surface area contributed by atoms with Gasteiger partial charge in [0, 0.05) is 13.6 Å². The maximum atomic E-state index is 11.9. The van der Waals surface area contributed by atoms with Crippen molar-refractivity contribution >= 4 is 35.8 Å². The highest BCUT2D eigenvalue weighted by atomic mass is 127. The van der Waals surface area contributed by atoms with Gasteiger partial charge in [0.1, 0.15) is 5.76 Å². The average molecular weight is 530 g/mol. The van der Waals surface area contributed by atoms with Crippen LogP contribution in [0.4, 0.5) is 0 Å². The number of amides is 1. The summed E-state index contributed by atoms with van der Waals surface area (Å²) in [6.45, 7) is 6.22. The van der Waals surface area contributed by atoms with Gasteiger partial charge in [-0.25, -0.2) is 0 Å². The predicted octanol–water partition coefficient (Wildman–Crippen LogP) is 2.72. The number of benzene rings is 1. The largest absolute Gasteiger partial charge is 0.490 e. The van der Waals surface area contributed by atoms with E-state index in [1.165, 1.54) is 0 Å². The molecule has 8 nitrogen and oxygen atoms in total. The van der Waals surface area contributed by atoms with Crippen molar-refractivity contribution in [2.24, 2.45) is 4.99 Å². The minimum Gasteiger partial charge on any atom is -0.490 e. The number of furan rings is 1. The molecule has 0 spiro atoms. The first kappa shape index (κ1) is 25.6. The summed E-state index contributed by atoms with van der Waals surface area (Å²) in [6.07, 6.45) is 2.35. The van der Waals surface area contributed by atoms with Crippen molar-refractivity contribution < 1.29 is 18.7 Å². The van der Waals surface area contributed by atoms with Crippen molar-refractivity contribution in [2.45, 2.75) is 26.8 Å². The molecule has 0 aliphatic carbocycles. The molecule has 0 unspecified atom stereocenters. The molecule has 2 aromatic rings. The summed E-state index contributed by atoms with van der Waals surface area (Å²) < 4.78 is 16.4. The highest BCUT2D eigenvalue weighted by molar-refractivity contribution is 14.0. The number of ether oxygens (including phenoxy) is 2. The molecule has 0 saturated heterocycles. The van der Waals surface area contributed by atoms with Crippen LogP contribution in [-0.2, 0) is 17.8 Å². The van der Waals surface area contributed by atoms with E-state index in [0.29, 0.717) is 38.0 Å². The van der Waals surface area contributed by atoms with Crippen molar-refractivity contribution in [2.75, 3.05) is 33.4 Å². The molecule has 1 amide bonds. The van der Waals surface area contributed by atoms with E-state index < -0.39 is 0 Å². The summed E-state index contributed by atoms with van der Waals surface area (Å²) in [4.78, 5) is 16.1. The zero-order chi connectivity index (χ0) is 20.9. The lowest BCUT2D eigenvalue weighted by Crippen LogP contribution is -2.43. The lowest BCUT2D eigenvalue weighted by atomic mass is 10.1. The Bertz CT molecular complexity index is 781. The second-order valence-electron chi connectivity index (χ2n) is 6.11. The van der Waals surface area contributed by atoms with E-state index in [1.807, 2.05) is 38.1 Å². The van der Waals surface area contributed by atoms with Crippen LogP contribution in [-0.4, -0.2) is 45.2 Å². The van der Waals surface area contributed by atoms with Crippen LogP contribution in [0, 0.1) is 0 Å². The first-order valence-electron chi connectivity index (χ1n) is 9.78. The lowest BCUT2D eigenvalue weighted by Gasteiger charge is -2.14. The molecule has 1 aromatic heterocycles. The number of carbonyl (C=O) groups is 1. The molecule has 0 fully saturated rings. The van der Waals surface area contributed by atoms with E-state index in [1.54, 1.807) is 19.4 Å². The van der Waals surface area contributed by atoms with Gasteiger partial charge in [0.25, 0.3) is 0 Å². The van der Waals surface area contributed by atoms with Crippen molar-refractivity contribution in [3.8, 4) is 11.5 Å². The molecule has 0 saturated carbocycles. The zero-order valence-electron chi connectivity index (χ0n) is 17.7. The third kappa shape index (κ3) is 8.93. The van der Waals surface area contributed by atoms with Gasteiger partial charge in [-0.2, -0.15) is 0 Å². The Morgan fingerprint density at radius 2 is 1.83 bits per heavy atom. The summed E-state index contributed by atoms with van der Waals surface area (Å²) in [5.41, 5.74) is 1.12. The number of guanidine groups is 1. The maximum absolute atomic E-state index is 11.9. The Balaban J connectivity index is 0.00000450. The molecule has 0 aliphatic heterocycles. The summed E-state index contributed by atoms with van der Waals surface area (Å²) in [6, 6.07) is 9.54. The van der Waals surface area contributed by atoms with Crippen LogP contribution in [0.5, 0.6) is 11.5 Å². The Morgan fingerprint density at radius 3 is 2.50 bits per heavy atom.